The lowest BCUT2D eigenvalue weighted by Gasteiger charge is -2.07. The van der Waals surface area contributed by atoms with Gasteiger partial charge in [-0.2, -0.15) is 0 Å². The molecule has 2 atom stereocenters. The molecular formula is C22H16ClN3O3S. The number of aromatic nitrogens is 3. The highest BCUT2D eigenvalue weighted by molar-refractivity contribution is 8.00. The fraction of sp³-hybridized carbons (Fsp3) is 0.182. The number of thioether (sulfide) groups is 1. The van der Waals surface area contributed by atoms with Gasteiger partial charge in [0.25, 0.3) is 5.22 Å². The summed E-state index contributed by atoms with van der Waals surface area (Å²) >= 11 is 7.27. The van der Waals surface area contributed by atoms with Gasteiger partial charge in [0.05, 0.1) is 16.8 Å². The Morgan fingerprint density at radius 2 is 1.90 bits per heavy atom. The van der Waals surface area contributed by atoms with Crippen molar-refractivity contribution in [2.45, 2.75) is 29.9 Å². The number of cyclic esters (lactones) is 1. The molecular weight excluding hydrogens is 422 g/mol. The average Bonchev–Trinajstić information content (AvgIpc) is 3.33. The summed E-state index contributed by atoms with van der Waals surface area (Å²) in [5.41, 5.74) is 3.32. The Balaban J connectivity index is 1.54. The van der Waals surface area contributed by atoms with Gasteiger partial charge < -0.3 is 9.15 Å². The number of halogens is 1. The van der Waals surface area contributed by atoms with E-state index in [2.05, 4.69) is 10.2 Å². The highest BCUT2D eigenvalue weighted by Gasteiger charge is 2.34. The zero-order valence-electron chi connectivity index (χ0n) is 15.9. The molecule has 4 aromatic rings. The summed E-state index contributed by atoms with van der Waals surface area (Å²) < 4.78 is 11.1. The van der Waals surface area contributed by atoms with E-state index in [4.69, 9.17) is 25.7 Å². The molecule has 1 aliphatic heterocycles. The highest BCUT2D eigenvalue weighted by Crippen LogP contribution is 2.35. The number of rotatable bonds is 4. The number of ether oxygens (including phenoxy) is 1. The molecule has 0 aliphatic carbocycles. The molecule has 2 aromatic carbocycles. The second-order valence-electron chi connectivity index (χ2n) is 7.04. The molecule has 2 unspecified atom stereocenters. The maximum Gasteiger partial charge on any atom is 0.320 e. The molecule has 0 saturated carbocycles. The Kier molecular flexibility index (Phi) is 4.92. The number of hydrogen-bond donors (Lipinski definition) is 0. The summed E-state index contributed by atoms with van der Waals surface area (Å²) in [5, 5.41) is 9.96. The third-order valence-corrected chi connectivity index (χ3v) is 6.15. The van der Waals surface area contributed by atoms with Gasteiger partial charge in [-0.05, 0) is 43.0 Å². The summed E-state index contributed by atoms with van der Waals surface area (Å²) in [4.78, 5) is 16.7. The summed E-state index contributed by atoms with van der Waals surface area (Å²) in [7, 11) is 0. The van der Waals surface area contributed by atoms with Crippen molar-refractivity contribution in [3.8, 4) is 22.7 Å². The van der Waals surface area contributed by atoms with Gasteiger partial charge in [-0.1, -0.05) is 41.9 Å². The van der Waals surface area contributed by atoms with Gasteiger partial charge in [-0.15, -0.1) is 10.2 Å². The van der Waals surface area contributed by atoms with E-state index in [1.54, 1.807) is 0 Å². The second kappa shape index (κ2) is 7.74. The van der Waals surface area contributed by atoms with E-state index in [1.807, 2.05) is 61.5 Å². The molecule has 0 spiro atoms. The lowest BCUT2D eigenvalue weighted by atomic mass is 10.0. The molecule has 1 fully saturated rings. The van der Waals surface area contributed by atoms with Crippen LogP contribution in [0.3, 0.4) is 0 Å². The number of benzene rings is 2. The van der Waals surface area contributed by atoms with Gasteiger partial charge in [0, 0.05) is 22.4 Å². The Morgan fingerprint density at radius 1 is 1.10 bits per heavy atom. The van der Waals surface area contributed by atoms with Crippen LogP contribution in [0.1, 0.15) is 13.3 Å². The number of pyridine rings is 1. The van der Waals surface area contributed by atoms with Crippen LogP contribution < -0.4 is 0 Å². The summed E-state index contributed by atoms with van der Waals surface area (Å²) in [6.07, 6.45) is 0.531. The first-order valence-corrected chi connectivity index (χ1v) is 10.7. The monoisotopic (exact) mass is 437 g/mol. The van der Waals surface area contributed by atoms with Crippen LogP contribution >= 0.6 is 23.4 Å². The van der Waals surface area contributed by atoms with Crippen LogP contribution in [0.25, 0.3) is 33.6 Å². The molecule has 0 bridgehead atoms. The SMILES string of the molecule is CC1CC(Sc2nnc(-c3cc(-c4ccc(Cl)cc4)nc4ccccc34)o2)C(=O)O1. The fourth-order valence-corrected chi connectivity index (χ4v) is 4.53. The Morgan fingerprint density at radius 3 is 2.67 bits per heavy atom. The molecule has 3 heterocycles. The van der Waals surface area contributed by atoms with Gasteiger partial charge in [-0.3, -0.25) is 4.79 Å². The minimum atomic E-state index is -0.327. The van der Waals surface area contributed by atoms with E-state index >= 15 is 0 Å². The Labute approximate surface area is 181 Å². The average molecular weight is 438 g/mol. The van der Waals surface area contributed by atoms with Crippen molar-refractivity contribution in [3.05, 3.63) is 59.6 Å². The number of para-hydroxylation sites is 1. The number of nitrogens with zero attached hydrogens (tertiary/aromatic N) is 3. The van der Waals surface area contributed by atoms with Crippen molar-refractivity contribution in [1.29, 1.82) is 0 Å². The minimum absolute atomic E-state index is 0.0940. The van der Waals surface area contributed by atoms with Crippen molar-refractivity contribution >= 4 is 40.2 Å². The number of hydrogen-bond acceptors (Lipinski definition) is 7. The molecule has 0 amide bonds. The van der Waals surface area contributed by atoms with Crippen LogP contribution in [-0.2, 0) is 9.53 Å². The smallest absolute Gasteiger partial charge is 0.320 e. The van der Waals surface area contributed by atoms with Crippen molar-refractivity contribution in [2.24, 2.45) is 0 Å². The fourth-order valence-electron chi connectivity index (χ4n) is 3.43. The second-order valence-corrected chi connectivity index (χ2v) is 8.63. The molecule has 1 aliphatic rings. The largest absolute Gasteiger partial charge is 0.462 e. The molecule has 30 heavy (non-hydrogen) atoms. The summed E-state index contributed by atoms with van der Waals surface area (Å²) in [6.45, 7) is 1.87. The van der Waals surface area contributed by atoms with Crippen molar-refractivity contribution in [2.75, 3.05) is 0 Å². The maximum absolute atomic E-state index is 11.9. The van der Waals surface area contributed by atoms with Gasteiger partial charge in [0.2, 0.25) is 5.89 Å². The predicted octanol–water partition coefficient (Wildman–Crippen LogP) is 5.40. The Hall–Kier alpha value is -2.90. The van der Waals surface area contributed by atoms with Crippen molar-refractivity contribution < 1.29 is 13.9 Å². The van der Waals surface area contributed by atoms with Gasteiger partial charge >= 0.3 is 5.97 Å². The van der Waals surface area contributed by atoms with Crippen molar-refractivity contribution in [3.63, 3.8) is 0 Å². The number of carbonyl (C=O) groups excluding carboxylic acids is 1. The minimum Gasteiger partial charge on any atom is -0.462 e. The number of esters is 1. The molecule has 2 aromatic heterocycles. The van der Waals surface area contributed by atoms with Crippen LogP contribution in [0.5, 0.6) is 0 Å². The quantitative estimate of drug-likeness (QED) is 0.395. The first kappa shape index (κ1) is 19.1. The highest BCUT2D eigenvalue weighted by atomic mass is 35.5. The van der Waals surface area contributed by atoms with E-state index in [1.165, 1.54) is 11.8 Å². The summed E-state index contributed by atoms with van der Waals surface area (Å²) in [5.74, 6) is 0.136. The zero-order valence-corrected chi connectivity index (χ0v) is 17.5. The standard InChI is InChI=1S/C22H16ClN3O3S/c1-12-10-19(21(27)28-12)30-22-26-25-20(29-22)16-11-18(13-6-8-14(23)9-7-13)24-17-5-3-2-4-15(16)17/h2-9,11-12,19H,10H2,1H3. The molecule has 150 valence electrons. The molecule has 0 radical (unpaired) electrons. The van der Waals surface area contributed by atoms with E-state index in [0.717, 1.165) is 27.7 Å². The third kappa shape index (κ3) is 3.66. The van der Waals surface area contributed by atoms with E-state index in [0.29, 0.717) is 22.6 Å². The van der Waals surface area contributed by atoms with Crippen LogP contribution in [0, 0.1) is 0 Å². The summed E-state index contributed by atoms with van der Waals surface area (Å²) in [6, 6.07) is 17.2. The first-order chi connectivity index (χ1) is 14.6. The molecule has 5 rings (SSSR count). The predicted molar refractivity (Wildman–Crippen MR) is 115 cm³/mol. The van der Waals surface area contributed by atoms with Crippen molar-refractivity contribution in [1.82, 2.24) is 15.2 Å². The van der Waals surface area contributed by atoms with Crippen LogP contribution in [0.2, 0.25) is 5.02 Å². The lowest BCUT2D eigenvalue weighted by Crippen LogP contribution is -2.09. The molecule has 6 nitrogen and oxygen atoms in total. The van der Waals surface area contributed by atoms with Gasteiger partial charge in [0.1, 0.15) is 11.4 Å². The number of carbonyl (C=O) groups is 1. The van der Waals surface area contributed by atoms with E-state index in [-0.39, 0.29) is 17.3 Å². The van der Waals surface area contributed by atoms with Gasteiger partial charge in [0.15, 0.2) is 0 Å². The first-order valence-electron chi connectivity index (χ1n) is 9.43. The zero-order chi connectivity index (χ0) is 20.7. The molecule has 1 saturated heterocycles. The third-order valence-electron chi connectivity index (χ3n) is 4.86. The van der Waals surface area contributed by atoms with E-state index in [9.17, 15) is 4.79 Å². The van der Waals surface area contributed by atoms with E-state index < -0.39 is 0 Å². The number of fused-ring (bicyclic) bond motifs is 1. The lowest BCUT2D eigenvalue weighted by molar-refractivity contribution is -0.140. The van der Waals surface area contributed by atoms with Crippen LogP contribution in [0.15, 0.2) is 64.2 Å². The molecule has 8 heteroatoms. The molecule has 0 N–H and O–H groups in total. The van der Waals surface area contributed by atoms with Crippen LogP contribution in [-0.4, -0.2) is 32.5 Å². The Bertz CT molecular complexity index is 1240. The van der Waals surface area contributed by atoms with Crippen LogP contribution in [0.4, 0.5) is 0 Å². The normalized spacial score (nSPS) is 18.7. The van der Waals surface area contributed by atoms with Gasteiger partial charge in [-0.25, -0.2) is 4.98 Å². The maximum atomic E-state index is 11.9. The topological polar surface area (TPSA) is 78.1 Å².